The van der Waals surface area contributed by atoms with Gasteiger partial charge in [-0.2, -0.15) is 5.10 Å². The number of H-pyrrole nitrogens is 1. The molecule has 122 valence electrons. The molecule has 2 fully saturated rings. The molecule has 2 aliphatic heterocycles. The lowest BCUT2D eigenvalue weighted by atomic mass is 10.1. The van der Waals surface area contributed by atoms with Gasteiger partial charge >= 0.3 is 0 Å². The maximum Gasteiger partial charge on any atom is 0.227 e. The van der Waals surface area contributed by atoms with Gasteiger partial charge in [0.15, 0.2) is 0 Å². The number of rotatable bonds is 3. The second-order valence-corrected chi connectivity index (χ2v) is 6.32. The van der Waals surface area contributed by atoms with Crippen molar-refractivity contribution in [3.8, 4) is 0 Å². The smallest absolute Gasteiger partial charge is 0.227 e. The molecule has 3 aromatic heterocycles. The van der Waals surface area contributed by atoms with Gasteiger partial charge in [-0.05, 0) is 12.5 Å². The molecule has 2 aliphatic rings. The molecule has 1 N–H and O–H groups in total. The predicted octanol–water partition coefficient (Wildman–Crippen LogP) is 1.34. The average Bonchev–Trinajstić information content (AvgIpc) is 3.25. The molecule has 0 atom stereocenters. The van der Waals surface area contributed by atoms with E-state index in [1.807, 2.05) is 28.0 Å². The molecule has 5 heterocycles. The fourth-order valence-corrected chi connectivity index (χ4v) is 3.49. The highest BCUT2D eigenvalue weighted by Gasteiger charge is 2.32. The summed E-state index contributed by atoms with van der Waals surface area (Å²) < 4.78 is 1.97. The molecule has 24 heavy (non-hydrogen) atoms. The molecule has 2 saturated heterocycles. The van der Waals surface area contributed by atoms with E-state index < -0.39 is 0 Å². The summed E-state index contributed by atoms with van der Waals surface area (Å²) >= 11 is 0. The van der Waals surface area contributed by atoms with Gasteiger partial charge in [-0.3, -0.25) is 9.48 Å². The molecule has 0 radical (unpaired) electrons. The number of nitrogens with one attached hydrogen (secondary N) is 1. The van der Waals surface area contributed by atoms with E-state index in [-0.39, 0.29) is 5.91 Å². The largest absolute Gasteiger partial charge is 0.352 e. The van der Waals surface area contributed by atoms with Crippen molar-refractivity contribution in [3.05, 3.63) is 31.0 Å². The molecule has 3 aromatic rings. The number of fused-ring (bicyclic) bond motifs is 1. The first-order valence-corrected chi connectivity index (χ1v) is 8.17. The van der Waals surface area contributed by atoms with Crippen LogP contribution in [0.3, 0.4) is 0 Å². The van der Waals surface area contributed by atoms with Crippen molar-refractivity contribution in [2.75, 3.05) is 29.4 Å². The standard InChI is InChI=1S/C16H17N7O/c24-14-2-1-5-22(14)11-6-20-23(9-11)12-7-21(8-12)16-13-3-4-17-15(13)18-10-19-16/h3-4,6,9-10,12H,1-2,5,7-8H2,(H,17,18,19). The van der Waals surface area contributed by atoms with Crippen LogP contribution in [-0.2, 0) is 4.79 Å². The van der Waals surface area contributed by atoms with Crippen LogP contribution in [0.1, 0.15) is 18.9 Å². The summed E-state index contributed by atoms with van der Waals surface area (Å²) in [5.41, 5.74) is 1.77. The molecule has 5 rings (SSSR count). The number of anilines is 2. The highest BCUT2D eigenvalue weighted by Crippen LogP contribution is 2.31. The van der Waals surface area contributed by atoms with Gasteiger partial charge in [0.2, 0.25) is 5.91 Å². The van der Waals surface area contributed by atoms with Gasteiger partial charge in [-0.15, -0.1) is 0 Å². The second-order valence-electron chi connectivity index (χ2n) is 6.32. The molecule has 1 amide bonds. The first-order valence-electron chi connectivity index (χ1n) is 8.17. The SMILES string of the molecule is O=C1CCCN1c1cnn(C2CN(c3ncnc4[nH]ccc34)C2)c1. The van der Waals surface area contributed by atoms with Gasteiger partial charge < -0.3 is 14.8 Å². The number of aromatic amines is 1. The Balaban J connectivity index is 1.32. The topological polar surface area (TPSA) is 82.9 Å². The van der Waals surface area contributed by atoms with E-state index in [0.29, 0.717) is 12.5 Å². The van der Waals surface area contributed by atoms with Crippen LogP contribution < -0.4 is 9.80 Å². The van der Waals surface area contributed by atoms with Crippen LogP contribution in [0.2, 0.25) is 0 Å². The van der Waals surface area contributed by atoms with Crippen molar-refractivity contribution in [1.82, 2.24) is 24.7 Å². The summed E-state index contributed by atoms with van der Waals surface area (Å²) in [5.74, 6) is 1.15. The lowest BCUT2D eigenvalue weighted by molar-refractivity contribution is -0.117. The number of carbonyl (C=O) groups excluding carboxylic acids is 1. The fourth-order valence-electron chi connectivity index (χ4n) is 3.49. The van der Waals surface area contributed by atoms with Crippen molar-refractivity contribution in [1.29, 1.82) is 0 Å². The van der Waals surface area contributed by atoms with Crippen LogP contribution in [-0.4, -0.2) is 50.3 Å². The van der Waals surface area contributed by atoms with E-state index in [2.05, 4.69) is 25.0 Å². The van der Waals surface area contributed by atoms with Gasteiger partial charge in [-0.1, -0.05) is 0 Å². The number of aromatic nitrogens is 5. The van der Waals surface area contributed by atoms with Crippen LogP contribution in [0.25, 0.3) is 11.0 Å². The molecule has 0 spiro atoms. The number of hydrogen-bond acceptors (Lipinski definition) is 5. The van der Waals surface area contributed by atoms with Gasteiger partial charge in [-0.25, -0.2) is 9.97 Å². The Morgan fingerprint density at radius 2 is 2.17 bits per heavy atom. The third-order valence-electron chi connectivity index (χ3n) is 4.84. The van der Waals surface area contributed by atoms with Crippen molar-refractivity contribution < 1.29 is 4.79 Å². The Morgan fingerprint density at radius 1 is 1.25 bits per heavy atom. The van der Waals surface area contributed by atoms with E-state index in [9.17, 15) is 4.79 Å². The van der Waals surface area contributed by atoms with Crippen LogP contribution in [0.5, 0.6) is 0 Å². The van der Waals surface area contributed by atoms with E-state index in [4.69, 9.17) is 0 Å². The first kappa shape index (κ1) is 13.5. The summed E-state index contributed by atoms with van der Waals surface area (Å²) in [6.07, 6.45) is 8.82. The van der Waals surface area contributed by atoms with Crippen molar-refractivity contribution in [3.63, 3.8) is 0 Å². The third-order valence-corrected chi connectivity index (χ3v) is 4.84. The summed E-state index contributed by atoms with van der Waals surface area (Å²) in [5, 5.41) is 5.50. The van der Waals surface area contributed by atoms with Crippen molar-refractivity contribution >= 4 is 28.4 Å². The Kier molecular flexibility index (Phi) is 2.85. The number of nitrogens with zero attached hydrogens (tertiary/aromatic N) is 6. The van der Waals surface area contributed by atoms with Crippen molar-refractivity contribution in [2.45, 2.75) is 18.9 Å². The molecular formula is C16H17N7O. The maximum absolute atomic E-state index is 11.8. The zero-order valence-electron chi connectivity index (χ0n) is 13.1. The summed E-state index contributed by atoms with van der Waals surface area (Å²) in [6, 6.07) is 2.31. The van der Waals surface area contributed by atoms with E-state index in [1.54, 1.807) is 12.5 Å². The number of carbonyl (C=O) groups is 1. The lowest BCUT2D eigenvalue weighted by Gasteiger charge is -2.40. The number of hydrogen-bond donors (Lipinski definition) is 1. The minimum atomic E-state index is 0.195. The van der Waals surface area contributed by atoms with Gasteiger partial charge in [0.1, 0.15) is 17.8 Å². The van der Waals surface area contributed by atoms with E-state index in [0.717, 1.165) is 48.6 Å². The van der Waals surface area contributed by atoms with Crippen molar-refractivity contribution in [2.24, 2.45) is 0 Å². The molecule has 0 aliphatic carbocycles. The van der Waals surface area contributed by atoms with Gasteiger partial charge in [0.05, 0.1) is 23.3 Å². The maximum atomic E-state index is 11.8. The lowest BCUT2D eigenvalue weighted by Crippen LogP contribution is -2.48. The highest BCUT2D eigenvalue weighted by atomic mass is 16.2. The molecule has 0 bridgehead atoms. The summed E-state index contributed by atoms with van der Waals surface area (Å²) in [4.78, 5) is 27.6. The van der Waals surface area contributed by atoms with Crippen LogP contribution in [0.4, 0.5) is 11.5 Å². The Hall–Kier alpha value is -2.90. The fraction of sp³-hybridized carbons (Fsp3) is 0.375. The predicted molar refractivity (Wildman–Crippen MR) is 89.0 cm³/mol. The van der Waals surface area contributed by atoms with E-state index >= 15 is 0 Å². The van der Waals surface area contributed by atoms with Gasteiger partial charge in [0, 0.05) is 38.4 Å². The minimum absolute atomic E-state index is 0.195. The minimum Gasteiger partial charge on any atom is -0.352 e. The average molecular weight is 323 g/mol. The molecule has 8 heteroatoms. The zero-order chi connectivity index (χ0) is 16.1. The first-order chi connectivity index (χ1) is 11.8. The quantitative estimate of drug-likeness (QED) is 0.786. The zero-order valence-corrected chi connectivity index (χ0v) is 13.1. The monoisotopic (exact) mass is 323 g/mol. The Morgan fingerprint density at radius 3 is 3.00 bits per heavy atom. The van der Waals surface area contributed by atoms with E-state index in [1.165, 1.54) is 0 Å². The third kappa shape index (κ3) is 1.99. The second kappa shape index (κ2) is 5.05. The van der Waals surface area contributed by atoms with Gasteiger partial charge in [0.25, 0.3) is 0 Å². The summed E-state index contributed by atoms with van der Waals surface area (Å²) in [6.45, 7) is 2.51. The molecule has 8 nitrogen and oxygen atoms in total. The normalized spacial score (nSPS) is 18.6. The highest BCUT2D eigenvalue weighted by molar-refractivity contribution is 5.95. The molecular weight excluding hydrogens is 306 g/mol. The molecule has 0 unspecified atom stereocenters. The Bertz CT molecular complexity index is 908. The number of amides is 1. The molecule has 0 aromatic carbocycles. The van der Waals surface area contributed by atoms with Crippen LogP contribution in [0.15, 0.2) is 31.0 Å². The van der Waals surface area contributed by atoms with Crippen LogP contribution >= 0.6 is 0 Å². The van der Waals surface area contributed by atoms with Crippen LogP contribution in [0, 0.1) is 0 Å². The Labute approximate surface area is 138 Å². The molecule has 0 saturated carbocycles. The summed E-state index contributed by atoms with van der Waals surface area (Å²) in [7, 11) is 0.